The molecule has 0 aromatic heterocycles. The highest BCUT2D eigenvalue weighted by Crippen LogP contribution is 2.00. The summed E-state index contributed by atoms with van der Waals surface area (Å²) in [6, 6.07) is -0.0493. The molecule has 0 fully saturated rings. The van der Waals surface area contributed by atoms with E-state index >= 15 is 0 Å². The number of alkyl carbamates (subject to hydrolysis) is 1. The molecule has 0 heterocycles. The summed E-state index contributed by atoms with van der Waals surface area (Å²) >= 11 is 0. The highest BCUT2D eigenvalue weighted by Gasteiger charge is 2.07. The number of carboxylic acid groups (broad SMARTS) is 1. The first-order valence-corrected chi connectivity index (χ1v) is 4.12. The van der Waals surface area contributed by atoms with Gasteiger partial charge in [-0.2, -0.15) is 0 Å². The minimum absolute atomic E-state index is 0.0493. The van der Waals surface area contributed by atoms with Crippen LogP contribution in [0.4, 0.5) is 4.79 Å². The van der Waals surface area contributed by atoms with Crippen molar-refractivity contribution in [2.75, 3.05) is 7.11 Å². The smallest absolute Gasteiger partial charge is 0.407 e. The maximum absolute atomic E-state index is 10.7. The van der Waals surface area contributed by atoms with Gasteiger partial charge < -0.3 is 15.2 Å². The van der Waals surface area contributed by atoms with E-state index < -0.39 is 12.1 Å². The van der Waals surface area contributed by atoms with Gasteiger partial charge in [0.2, 0.25) is 0 Å². The maximum Gasteiger partial charge on any atom is 0.407 e. The first kappa shape index (κ1) is 11.7. The average molecular weight is 189 g/mol. The number of aliphatic carboxylic acids is 1. The fourth-order valence-electron chi connectivity index (χ4n) is 0.892. The zero-order chi connectivity index (χ0) is 10.3. The second-order valence-corrected chi connectivity index (χ2v) is 2.82. The number of hydrogen-bond donors (Lipinski definition) is 2. The van der Waals surface area contributed by atoms with E-state index in [0.717, 1.165) is 0 Å². The number of methoxy groups -OCH3 is 1. The summed E-state index contributed by atoms with van der Waals surface area (Å²) in [5, 5.41) is 10.9. The van der Waals surface area contributed by atoms with Crippen LogP contribution in [0.3, 0.4) is 0 Å². The molecule has 0 bridgehead atoms. The van der Waals surface area contributed by atoms with Crippen LogP contribution < -0.4 is 5.32 Å². The van der Waals surface area contributed by atoms with Gasteiger partial charge in [-0.1, -0.05) is 0 Å². The van der Waals surface area contributed by atoms with Crippen LogP contribution in [-0.4, -0.2) is 30.3 Å². The fourth-order valence-corrected chi connectivity index (χ4v) is 0.892. The number of amides is 1. The Morgan fingerprint density at radius 2 is 2.15 bits per heavy atom. The molecule has 1 unspecified atom stereocenters. The van der Waals surface area contributed by atoms with Gasteiger partial charge in [0.25, 0.3) is 0 Å². The number of carbonyl (C=O) groups is 2. The molecule has 0 aliphatic heterocycles. The van der Waals surface area contributed by atoms with Crippen molar-refractivity contribution in [2.24, 2.45) is 0 Å². The molecular formula is C8H15NO4. The van der Waals surface area contributed by atoms with Gasteiger partial charge in [-0.05, 0) is 19.8 Å². The zero-order valence-electron chi connectivity index (χ0n) is 7.87. The van der Waals surface area contributed by atoms with Crippen molar-refractivity contribution in [3.8, 4) is 0 Å². The molecule has 5 heteroatoms. The van der Waals surface area contributed by atoms with Gasteiger partial charge in [0.15, 0.2) is 0 Å². The van der Waals surface area contributed by atoms with Crippen molar-refractivity contribution in [3.05, 3.63) is 0 Å². The monoisotopic (exact) mass is 189 g/mol. The first-order valence-electron chi connectivity index (χ1n) is 4.12. The summed E-state index contributed by atoms with van der Waals surface area (Å²) in [6.07, 6.45) is 0.845. The second kappa shape index (κ2) is 6.28. The Kier molecular flexibility index (Phi) is 5.67. The summed E-state index contributed by atoms with van der Waals surface area (Å²) in [4.78, 5) is 20.8. The molecule has 1 atom stereocenters. The van der Waals surface area contributed by atoms with Crippen LogP contribution in [0.1, 0.15) is 26.2 Å². The molecule has 76 valence electrons. The fraction of sp³-hybridized carbons (Fsp3) is 0.750. The van der Waals surface area contributed by atoms with Crippen molar-refractivity contribution < 1.29 is 19.4 Å². The lowest BCUT2D eigenvalue weighted by Gasteiger charge is -2.11. The van der Waals surface area contributed by atoms with E-state index in [1.165, 1.54) is 7.11 Å². The molecule has 0 aromatic carbocycles. The Hall–Kier alpha value is -1.26. The summed E-state index contributed by atoms with van der Waals surface area (Å²) in [6.45, 7) is 1.80. The van der Waals surface area contributed by atoms with Gasteiger partial charge in [-0.25, -0.2) is 4.79 Å². The third kappa shape index (κ3) is 7.11. The van der Waals surface area contributed by atoms with Crippen molar-refractivity contribution in [1.29, 1.82) is 0 Å². The Morgan fingerprint density at radius 3 is 2.62 bits per heavy atom. The molecule has 13 heavy (non-hydrogen) atoms. The zero-order valence-corrected chi connectivity index (χ0v) is 7.87. The molecule has 0 radical (unpaired) electrons. The summed E-state index contributed by atoms with van der Waals surface area (Å²) in [7, 11) is 1.29. The number of ether oxygens (including phenoxy) is 1. The number of rotatable bonds is 5. The van der Waals surface area contributed by atoms with E-state index in [2.05, 4.69) is 10.1 Å². The quantitative estimate of drug-likeness (QED) is 0.676. The van der Waals surface area contributed by atoms with Crippen molar-refractivity contribution in [1.82, 2.24) is 5.32 Å². The van der Waals surface area contributed by atoms with Crippen LogP contribution in [0, 0.1) is 0 Å². The third-order valence-electron chi connectivity index (χ3n) is 1.58. The van der Waals surface area contributed by atoms with Crippen LogP contribution in [0.15, 0.2) is 0 Å². The van der Waals surface area contributed by atoms with Gasteiger partial charge in [-0.15, -0.1) is 0 Å². The third-order valence-corrected chi connectivity index (χ3v) is 1.58. The van der Waals surface area contributed by atoms with Crippen molar-refractivity contribution in [2.45, 2.75) is 32.2 Å². The number of hydrogen-bond acceptors (Lipinski definition) is 3. The molecule has 0 aliphatic rings. The molecule has 0 saturated carbocycles. The van der Waals surface area contributed by atoms with Crippen molar-refractivity contribution >= 4 is 12.1 Å². The van der Waals surface area contributed by atoms with E-state index in [9.17, 15) is 9.59 Å². The average Bonchev–Trinajstić information content (AvgIpc) is 2.03. The van der Waals surface area contributed by atoms with Crippen LogP contribution >= 0.6 is 0 Å². The number of carboxylic acids is 1. The normalized spacial score (nSPS) is 11.8. The van der Waals surface area contributed by atoms with Crippen LogP contribution in [-0.2, 0) is 9.53 Å². The lowest BCUT2D eigenvalue weighted by Crippen LogP contribution is -2.32. The Balaban J connectivity index is 3.45. The first-order chi connectivity index (χ1) is 6.06. The van der Waals surface area contributed by atoms with Gasteiger partial charge >= 0.3 is 12.1 Å². The SMILES string of the molecule is COC(=O)NC(C)CCCC(=O)O. The predicted octanol–water partition coefficient (Wildman–Crippen LogP) is 0.986. The Morgan fingerprint density at radius 1 is 1.54 bits per heavy atom. The van der Waals surface area contributed by atoms with Gasteiger partial charge in [-0.3, -0.25) is 4.79 Å². The molecule has 0 saturated heterocycles. The minimum Gasteiger partial charge on any atom is -0.481 e. The van der Waals surface area contributed by atoms with Gasteiger partial charge in [0.05, 0.1) is 7.11 Å². The van der Waals surface area contributed by atoms with E-state index in [0.29, 0.717) is 12.8 Å². The van der Waals surface area contributed by atoms with Gasteiger partial charge in [0, 0.05) is 12.5 Å². The van der Waals surface area contributed by atoms with Crippen LogP contribution in [0.25, 0.3) is 0 Å². The molecule has 5 nitrogen and oxygen atoms in total. The van der Waals surface area contributed by atoms with E-state index in [1.807, 2.05) is 0 Å². The molecule has 0 aromatic rings. The lowest BCUT2D eigenvalue weighted by molar-refractivity contribution is -0.137. The number of nitrogens with one attached hydrogen (secondary N) is 1. The van der Waals surface area contributed by atoms with Crippen LogP contribution in [0.5, 0.6) is 0 Å². The summed E-state index contributed by atoms with van der Waals surface area (Å²) in [5.41, 5.74) is 0. The number of carbonyl (C=O) groups excluding carboxylic acids is 1. The maximum atomic E-state index is 10.7. The Labute approximate surface area is 77.1 Å². The highest BCUT2D eigenvalue weighted by molar-refractivity contribution is 5.67. The molecule has 0 aliphatic carbocycles. The topological polar surface area (TPSA) is 75.6 Å². The molecule has 0 rings (SSSR count). The van der Waals surface area contributed by atoms with E-state index in [-0.39, 0.29) is 12.5 Å². The standard InChI is InChI=1S/C8H15NO4/c1-6(9-8(12)13-2)4-3-5-7(10)11/h6H,3-5H2,1-2H3,(H,9,12)(H,10,11). The minimum atomic E-state index is -0.815. The second-order valence-electron chi connectivity index (χ2n) is 2.82. The summed E-state index contributed by atoms with van der Waals surface area (Å²) in [5.74, 6) is -0.815. The summed E-state index contributed by atoms with van der Waals surface area (Å²) < 4.78 is 4.38. The largest absolute Gasteiger partial charge is 0.481 e. The highest BCUT2D eigenvalue weighted by atomic mass is 16.5. The predicted molar refractivity (Wildman–Crippen MR) is 46.5 cm³/mol. The van der Waals surface area contributed by atoms with Gasteiger partial charge in [0.1, 0.15) is 0 Å². The molecule has 2 N–H and O–H groups in total. The lowest BCUT2D eigenvalue weighted by atomic mass is 10.1. The molecule has 1 amide bonds. The van der Waals surface area contributed by atoms with E-state index in [1.54, 1.807) is 6.92 Å². The van der Waals surface area contributed by atoms with Crippen molar-refractivity contribution in [3.63, 3.8) is 0 Å². The molecular weight excluding hydrogens is 174 g/mol. The molecule has 0 spiro atoms. The van der Waals surface area contributed by atoms with Crippen LogP contribution in [0.2, 0.25) is 0 Å². The van der Waals surface area contributed by atoms with E-state index in [4.69, 9.17) is 5.11 Å². The Bertz CT molecular complexity index is 181.